The molecule has 0 saturated carbocycles. The minimum absolute atomic E-state index is 1.22. The van der Waals surface area contributed by atoms with Crippen LogP contribution in [0.1, 0.15) is 16.7 Å². The molecule has 3 aromatic rings. The molecule has 0 aliphatic carbocycles. The topological polar surface area (TPSA) is 0 Å². The van der Waals surface area contributed by atoms with Gasteiger partial charge in [-0.1, -0.05) is 0 Å². The number of rotatable bonds is 6. The van der Waals surface area contributed by atoms with Crippen LogP contribution < -0.4 is 0 Å². The zero-order valence-corrected chi connectivity index (χ0v) is 17.2. The molecule has 0 bridgehead atoms. The van der Waals surface area contributed by atoms with Gasteiger partial charge >= 0.3 is 150 Å². The van der Waals surface area contributed by atoms with Crippen molar-refractivity contribution in [3.8, 4) is 0 Å². The number of hydrogen-bond acceptors (Lipinski definition) is 0. The van der Waals surface area contributed by atoms with Crippen LogP contribution in [0.4, 0.5) is 0 Å². The zero-order valence-electron chi connectivity index (χ0n) is 13.2. The van der Waals surface area contributed by atoms with Gasteiger partial charge in [0.25, 0.3) is 0 Å². The minimum atomic E-state index is -2.52. The van der Waals surface area contributed by atoms with Crippen LogP contribution in [0.15, 0.2) is 91.0 Å². The molecule has 0 fully saturated rings. The van der Waals surface area contributed by atoms with Crippen molar-refractivity contribution >= 4 is 12.2 Å². The van der Waals surface area contributed by atoms with E-state index >= 15 is 0 Å². The molecule has 3 rings (SSSR count). The molecule has 0 amide bonds. The van der Waals surface area contributed by atoms with E-state index in [-0.39, 0.29) is 0 Å². The average molecular weight is 445 g/mol. The molecule has 0 nitrogen and oxygen atoms in total. The molecule has 0 atom stereocenters. The van der Waals surface area contributed by atoms with E-state index in [1.807, 2.05) is 0 Å². The van der Waals surface area contributed by atoms with Gasteiger partial charge in [-0.3, -0.25) is 0 Å². The van der Waals surface area contributed by atoms with Gasteiger partial charge in [-0.05, 0) is 0 Å². The van der Waals surface area contributed by atoms with Gasteiger partial charge in [-0.25, -0.2) is 0 Å². The fraction of sp³-hybridized carbons (Fsp3) is 0.143. The molecule has 0 aromatic heterocycles. The summed E-state index contributed by atoms with van der Waals surface area (Å²) in [4.78, 5) is 0. The van der Waals surface area contributed by atoms with E-state index < -0.39 is 17.9 Å². The van der Waals surface area contributed by atoms with Crippen LogP contribution in [-0.2, 0) is 30.3 Å². The van der Waals surface area contributed by atoms with Gasteiger partial charge < -0.3 is 0 Å². The first kappa shape index (κ1) is 16.9. The second kappa shape index (κ2) is 8.22. The zero-order chi connectivity index (χ0) is 16.0. The summed E-state index contributed by atoms with van der Waals surface area (Å²) in [5, 5.41) is 0. The quantitative estimate of drug-likeness (QED) is 0.434. The summed E-state index contributed by atoms with van der Waals surface area (Å²) in [5.74, 6) is 0. The standard InChI is InChI=1S/3C7H7.BrH.Zr/c3*1-7-5-3-2-4-6-7;;/h3*2-6H,1H2;1H;/q;;;;+1/p-1. The summed E-state index contributed by atoms with van der Waals surface area (Å²) in [6, 6.07) is 32.8. The van der Waals surface area contributed by atoms with Crippen LogP contribution in [0.2, 0.25) is 0 Å². The van der Waals surface area contributed by atoms with Crippen molar-refractivity contribution in [3.63, 3.8) is 0 Å². The maximum absolute atomic E-state index is 4.31. The van der Waals surface area contributed by atoms with E-state index in [1.54, 1.807) is 0 Å². The second-order valence-electron chi connectivity index (χ2n) is 6.14. The monoisotopic (exact) mass is 442 g/mol. The maximum atomic E-state index is 4.31. The van der Waals surface area contributed by atoms with E-state index in [4.69, 9.17) is 0 Å². The van der Waals surface area contributed by atoms with E-state index in [2.05, 4.69) is 103 Å². The molecule has 116 valence electrons. The van der Waals surface area contributed by atoms with Crippen LogP contribution in [0.5, 0.6) is 0 Å². The third-order valence-electron chi connectivity index (χ3n) is 4.09. The van der Waals surface area contributed by atoms with Crippen molar-refractivity contribution in [3.05, 3.63) is 108 Å². The van der Waals surface area contributed by atoms with Gasteiger partial charge in [0.1, 0.15) is 0 Å². The van der Waals surface area contributed by atoms with Gasteiger partial charge in [-0.2, -0.15) is 0 Å². The fourth-order valence-corrected chi connectivity index (χ4v) is 16.9. The number of hydrogen-bond donors (Lipinski definition) is 0. The van der Waals surface area contributed by atoms with Crippen molar-refractivity contribution in [2.75, 3.05) is 0 Å². The Hall–Kier alpha value is -0.977. The molecule has 0 heterocycles. The molecule has 2 heteroatoms. The van der Waals surface area contributed by atoms with Crippen molar-refractivity contribution in [1.82, 2.24) is 0 Å². The SMILES string of the molecule is [Br][Zr]([CH2]c1ccccc1)([CH2]c1ccccc1)[CH2]c1ccccc1. The molecular weight excluding hydrogens is 423 g/mol. The van der Waals surface area contributed by atoms with Crippen LogP contribution in [0.3, 0.4) is 0 Å². The first-order valence-electron chi connectivity index (χ1n) is 8.04. The third-order valence-corrected chi connectivity index (χ3v) is 16.8. The Bertz CT molecular complexity index is 609. The van der Waals surface area contributed by atoms with Crippen molar-refractivity contribution in [1.29, 1.82) is 0 Å². The van der Waals surface area contributed by atoms with Crippen LogP contribution in [0, 0.1) is 0 Å². The molecule has 0 radical (unpaired) electrons. The van der Waals surface area contributed by atoms with Crippen molar-refractivity contribution < 1.29 is 17.9 Å². The molecular formula is C21H21BrZr. The number of benzene rings is 3. The first-order valence-corrected chi connectivity index (χ1v) is 18.9. The summed E-state index contributed by atoms with van der Waals surface area (Å²) in [7, 11) is 0. The molecule has 0 saturated heterocycles. The molecule has 0 spiro atoms. The summed E-state index contributed by atoms with van der Waals surface area (Å²) >= 11 is 1.78. The van der Waals surface area contributed by atoms with Crippen LogP contribution in [-0.4, -0.2) is 0 Å². The summed E-state index contributed by atoms with van der Waals surface area (Å²) in [5.41, 5.74) is 4.39. The number of halogens is 1. The summed E-state index contributed by atoms with van der Waals surface area (Å²) < 4.78 is 3.66. The Morgan fingerprint density at radius 2 is 0.739 bits per heavy atom. The van der Waals surface area contributed by atoms with E-state index in [0.717, 1.165) is 0 Å². The van der Waals surface area contributed by atoms with Crippen LogP contribution in [0.25, 0.3) is 0 Å². The Kier molecular flexibility index (Phi) is 6.03. The Balaban J connectivity index is 1.85. The van der Waals surface area contributed by atoms with Gasteiger partial charge in [0, 0.05) is 0 Å². The molecule has 23 heavy (non-hydrogen) atoms. The predicted octanol–water partition coefficient (Wildman–Crippen LogP) is 6.05. The first-order chi connectivity index (χ1) is 11.2. The average Bonchev–Trinajstić information content (AvgIpc) is 2.57. The van der Waals surface area contributed by atoms with Gasteiger partial charge in [-0.15, -0.1) is 0 Å². The van der Waals surface area contributed by atoms with Gasteiger partial charge in [0.05, 0.1) is 0 Å². The van der Waals surface area contributed by atoms with Gasteiger partial charge in [0.15, 0.2) is 0 Å². The van der Waals surface area contributed by atoms with E-state index in [0.29, 0.717) is 0 Å². The Morgan fingerprint density at radius 1 is 0.478 bits per heavy atom. The predicted molar refractivity (Wildman–Crippen MR) is 99.4 cm³/mol. The van der Waals surface area contributed by atoms with Gasteiger partial charge in [0.2, 0.25) is 0 Å². The van der Waals surface area contributed by atoms with Crippen molar-refractivity contribution in [2.24, 2.45) is 0 Å². The van der Waals surface area contributed by atoms with Crippen LogP contribution >= 0.6 is 12.2 Å². The summed E-state index contributed by atoms with van der Waals surface area (Å²) in [6.07, 6.45) is 0. The van der Waals surface area contributed by atoms with E-state index in [1.165, 1.54) is 29.1 Å². The molecule has 0 N–H and O–H groups in total. The third kappa shape index (κ3) is 5.26. The fourth-order valence-electron chi connectivity index (χ4n) is 3.07. The molecule has 0 aliphatic rings. The molecule has 0 aliphatic heterocycles. The molecule has 3 aromatic carbocycles. The second-order valence-corrected chi connectivity index (χ2v) is 24.4. The molecule has 0 unspecified atom stereocenters. The Morgan fingerprint density at radius 3 is 1.00 bits per heavy atom. The normalized spacial score (nSPS) is 11.3. The van der Waals surface area contributed by atoms with E-state index in [9.17, 15) is 0 Å². The van der Waals surface area contributed by atoms with Crippen molar-refractivity contribution in [2.45, 2.75) is 12.4 Å². The summed E-state index contributed by atoms with van der Waals surface area (Å²) in [6.45, 7) is 0. The Labute approximate surface area is 149 Å².